The minimum absolute atomic E-state index is 0.260. The van der Waals surface area contributed by atoms with Crippen LogP contribution >= 0.6 is 0 Å². The lowest BCUT2D eigenvalue weighted by molar-refractivity contribution is -0.00863. The van der Waals surface area contributed by atoms with Crippen molar-refractivity contribution in [2.75, 3.05) is 17.6 Å². The molecule has 176 valence electrons. The largest absolute Gasteiger partial charge is 0.419 e. The predicted octanol–water partition coefficient (Wildman–Crippen LogP) is 3.62. The molecule has 1 saturated carbocycles. The van der Waals surface area contributed by atoms with Crippen molar-refractivity contribution in [1.29, 1.82) is 0 Å². The number of hydrogen-bond donors (Lipinski definition) is 1. The first-order valence-electron chi connectivity index (χ1n) is 11.0. The summed E-state index contributed by atoms with van der Waals surface area (Å²) in [6.07, 6.45) is 5.25. The highest BCUT2D eigenvalue weighted by Gasteiger charge is 2.29. The minimum atomic E-state index is -3.44. The molecule has 1 aliphatic rings. The molecular weight excluding hydrogens is 440 g/mol. The molecule has 0 unspecified atom stereocenters. The second-order valence-corrected chi connectivity index (χ2v) is 11.0. The summed E-state index contributed by atoms with van der Waals surface area (Å²) >= 11 is 0. The molecule has 1 atom stereocenters. The average molecular weight is 471 g/mol. The van der Waals surface area contributed by atoms with Gasteiger partial charge in [-0.1, -0.05) is 30.3 Å². The van der Waals surface area contributed by atoms with Crippen molar-refractivity contribution in [1.82, 2.24) is 10.2 Å². The van der Waals surface area contributed by atoms with Crippen molar-refractivity contribution < 1.29 is 17.6 Å². The van der Waals surface area contributed by atoms with Crippen LogP contribution in [0.3, 0.4) is 0 Å². The van der Waals surface area contributed by atoms with Crippen molar-refractivity contribution in [2.45, 2.75) is 50.9 Å². The summed E-state index contributed by atoms with van der Waals surface area (Å²) in [5.74, 6) is 0.596. The molecule has 1 aromatic heterocycles. The summed E-state index contributed by atoms with van der Waals surface area (Å²) in [6.45, 7) is 2.23. The van der Waals surface area contributed by atoms with Crippen molar-refractivity contribution in [3.05, 3.63) is 65.5 Å². The number of hydrogen-bond acceptors (Lipinski definition) is 7. The van der Waals surface area contributed by atoms with Crippen molar-refractivity contribution in [3.63, 3.8) is 0 Å². The Morgan fingerprint density at radius 2 is 1.88 bits per heavy atom. The zero-order valence-electron chi connectivity index (χ0n) is 19.2. The van der Waals surface area contributed by atoms with Crippen LogP contribution < -0.4 is 10.0 Å². The van der Waals surface area contributed by atoms with Crippen LogP contribution in [0.4, 0.5) is 5.69 Å². The van der Waals surface area contributed by atoms with Gasteiger partial charge in [-0.3, -0.25) is 4.31 Å². The molecule has 8 nitrogen and oxygen atoms in total. The molecule has 33 heavy (non-hydrogen) atoms. The Labute approximate surface area is 194 Å². The Bertz CT molecular complexity index is 1200. The number of aromatic nitrogens is 2. The smallest absolute Gasteiger partial charge is 0.247 e. The van der Waals surface area contributed by atoms with Gasteiger partial charge in [0.15, 0.2) is 0 Å². The van der Waals surface area contributed by atoms with E-state index in [2.05, 4.69) is 10.2 Å². The van der Waals surface area contributed by atoms with Crippen molar-refractivity contribution in [3.8, 4) is 11.5 Å². The molecule has 0 radical (unpaired) electrons. The quantitative estimate of drug-likeness (QED) is 0.508. The Morgan fingerprint density at radius 1 is 1.15 bits per heavy atom. The Hall–Kier alpha value is -2.75. The van der Waals surface area contributed by atoms with Crippen LogP contribution in [0.2, 0.25) is 0 Å². The van der Waals surface area contributed by atoms with Gasteiger partial charge in [-0.2, -0.15) is 0 Å². The fourth-order valence-electron chi connectivity index (χ4n) is 3.67. The second kappa shape index (κ2) is 9.24. The van der Waals surface area contributed by atoms with Crippen LogP contribution in [0, 0.1) is 0 Å². The molecule has 0 saturated heterocycles. The van der Waals surface area contributed by atoms with E-state index in [1.165, 1.54) is 24.0 Å². The molecule has 1 heterocycles. The standard InChI is InChI=1S/C24H30N4O4S/c1-24(25,15-17-8-5-4-6-9-17)23-27-26-22(32-23)19-12-18(16-31-21-10-7-11-21)13-20(14-19)28(2)33(3,29)30/h4-6,8-9,12-14,21H,7,10-11,15-16,25H2,1-3H3/t24-/m1/s1. The number of sulfonamides is 1. The van der Waals surface area contributed by atoms with Crippen LogP contribution in [0.15, 0.2) is 52.9 Å². The summed E-state index contributed by atoms with van der Waals surface area (Å²) in [5.41, 5.74) is 8.69. The number of anilines is 1. The third kappa shape index (κ3) is 5.61. The van der Waals surface area contributed by atoms with Gasteiger partial charge in [0.2, 0.25) is 21.8 Å². The van der Waals surface area contributed by atoms with Gasteiger partial charge in [0, 0.05) is 12.6 Å². The van der Waals surface area contributed by atoms with E-state index < -0.39 is 15.6 Å². The van der Waals surface area contributed by atoms with Gasteiger partial charge in [-0.25, -0.2) is 8.42 Å². The van der Waals surface area contributed by atoms with Gasteiger partial charge in [-0.15, -0.1) is 10.2 Å². The molecule has 9 heteroatoms. The van der Waals surface area contributed by atoms with Crippen LogP contribution in [-0.4, -0.2) is 38.0 Å². The van der Waals surface area contributed by atoms with Crippen LogP contribution in [0.25, 0.3) is 11.5 Å². The van der Waals surface area contributed by atoms with E-state index in [9.17, 15) is 8.42 Å². The Morgan fingerprint density at radius 3 is 2.52 bits per heavy atom. The summed E-state index contributed by atoms with van der Waals surface area (Å²) in [6, 6.07) is 15.3. The van der Waals surface area contributed by atoms with E-state index in [4.69, 9.17) is 14.9 Å². The van der Waals surface area contributed by atoms with Crippen molar-refractivity contribution >= 4 is 15.7 Å². The predicted molar refractivity (Wildman–Crippen MR) is 127 cm³/mol. The highest BCUT2D eigenvalue weighted by molar-refractivity contribution is 7.92. The van der Waals surface area contributed by atoms with Crippen LogP contribution in [-0.2, 0) is 33.3 Å². The summed E-state index contributed by atoms with van der Waals surface area (Å²) in [5, 5.41) is 8.42. The summed E-state index contributed by atoms with van der Waals surface area (Å²) in [4.78, 5) is 0. The lowest BCUT2D eigenvalue weighted by Gasteiger charge is -2.26. The first kappa shape index (κ1) is 23.4. The van der Waals surface area contributed by atoms with E-state index in [1.54, 1.807) is 6.07 Å². The van der Waals surface area contributed by atoms with E-state index >= 15 is 0 Å². The lowest BCUT2D eigenvalue weighted by atomic mass is 9.94. The number of rotatable bonds is 9. The monoisotopic (exact) mass is 470 g/mol. The zero-order chi connectivity index (χ0) is 23.6. The number of nitrogens with zero attached hydrogens (tertiary/aromatic N) is 3. The highest BCUT2D eigenvalue weighted by Crippen LogP contribution is 2.31. The van der Waals surface area contributed by atoms with Gasteiger partial charge in [0.05, 0.1) is 30.2 Å². The molecule has 0 amide bonds. The molecule has 1 fully saturated rings. The molecule has 0 aliphatic heterocycles. The summed E-state index contributed by atoms with van der Waals surface area (Å²) < 4.78 is 37.5. The van der Waals surface area contributed by atoms with Crippen LogP contribution in [0.5, 0.6) is 0 Å². The third-order valence-corrected chi connectivity index (χ3v) is 7.16. The van der Waals surface area contributed by atoms with Gasteiger partial charge in [0.1, 0.15) is 0 Å². The van der Waals surface area contributed by atoms with E-state index in [-0.39, 0.29) is 12.0 Å². The average Bonchev–Trinajstić information content (AvgIpc) is 3.23. The van der Waals surface area contributed by atoms with Gasteiger partial charge in [0.25, 0.3) is 0 Å². The van der Waals surface area contributed by atoms with Crippen LogP contribution in [0.1, 0.15) is 43.2 Å². The van der Waals surface area contributed by atoms with Gasteiger partial charge in [-0.05, 0) is 61.9 Å². The molecule has 2 N–H and O–H groups in total. The highest BCUT2D eigenvalue weighted by atomic mass is 32.2. The topological polar surface area (TPSA) is 112 Å². The maximum Gasteiger partial charge on any atom is 0.247 e. The van der Waals surface area contributed by atoms with E-state index in [0.717, 1.165) is 24.0 Å². The maximum atomic E-state index is 12.1. The Kier molecular flexibility index (Phi) is 6.56. The molecule has 4 rings (SSSR count). The Balaban J connectivity index is 1.63. The molecular formula is C24H30N4O4S. The first-order valence-corrected chi connectivity index (χ1v) is 12.8. The van der Waals surface area contributed by atoms with Crippen molar-refractivity contribution in [2.24, 2.45) is 5.73 Å². The normalized spacial score (nSPS) is 16.2. The molecule has 2 aromatic carbocycles. The SMILES string of the molecule is CN(c1cc(COC2CCC2)cc(-c2nnc([C@](C)(N)Cc3ccccc3)o2)c1)S(C)(=O)=O. The summed E-state index contributed by atoms with van der Waals surface area (Å²) in [7, 11) is -1.93. The third-order valence-electron chi connectivity index (χ3n) is 5.95. The number of benzene rings is 2. The number of ether oxygens (including phenoxy) is 1. The van der Waals surface area contributed by atoms with E-state index in [0.29, 0.717) is 30.2 Å². The molecule has 0 bridgehead atoms. The molecule has 3 aromatic rings. The molecule has 1 aliphatic carbocycles. The van der Waals surface area contributed by atoms with Gasteiger partial charge >= 0.3 is 0 Å². The minimum Gasteiger partial charge on any atom is -0.419 e. The number of nitrogens with two attached hydrogens (primary N) is 1. The fraction of sp³-hybridized carbons (Fsp3) is 0.417. The lowest BCUT2D eigenvalue weighted by Crippen LogP contribution is -2.35. The maximum absolute atomic E-state index is 12.1. The molecule has 0 spiro atoms. The van der Waals surface area contributed by atoms with E-state index in [1.807, 2.05) is 49.4 Å². The second-order valence-electron chi connectivity index (χ2n) is 8.97. The van der Waals surface area contributed by atoms with Gasteiger partial charge < -0.3 is 14.9 Å². The fourth-order valence-corrected chi connectivity index (χ4v) is 4.16. The zero-order valence-corrected chi connectivity index (χ0v) is 20.0. The first-order chi connectivity index (χ1) is 15.6.